The molecular weight excluding hydrogens is 280 g/mol. The summed E-state index contributed by atoms with van der Waals surface area (Å²) in [4.78, 5) is 11.8. The number of carbonyl (C=O) groups is 1. The highest BCUT2D eigenvalue weighted by molar-refractivity contribution is 5.98. The van der Waals surface area contributed by atoms with Gasteiger partial charge in [0.2, 0.25) is 0 Å². The Morgan fingerprint density at radius 2 is 2.41 bits per heavy atom. The molecule has 1 heterocycles. The molecule has 22 heavy (non-hydrogen) atoms. The van der Waals surface area contributed by atoms with Gasteiger partial charge in [-0.15, -0.1) is 6.58 Å². The van der Waals surface area contributed by atoms with Gasteiger partial charge in [0, 0.05) is 18.2 Å². The van der Waals surface area contributed by atoms with E-state index in [-0.39, 0.29) is 5.57 Å². The van der Waals surface area contributed by atoms with E-state index in [0.29, 0.717) is 24.7 Å². The van der Waals surface area contributed by atoms with E-state index in [1.165, 1.54) is 6.08 Å². The van der Waals surface area contributed by atoms with E-state index in [1.807, 2.05) is 24.3 Å². The van der Waals surface area contributed by atoms with Crippen LogP contribution in [0.4, 0.5) is 0 Å². The zero-order chi connectivity index (χ0) is 15.9. The number of nitriles is 1. The molecule has 0 saturated carbocycles. The van der Waals surface area contributed by atoms with Crippen molar-refractivity contribution < 1.29 is 14.3 Å². The van der Waals surface area contributed by atoms with Gasteiger partial charge in [-0.1, -0.05) is 6.08 Å². The number of fused-ring (bicyclic) bond motifs is 1. The average molecular weight is 296 g/mol. The molecular formula is C17H16N2O3. The maximum atomic E-state index is 11.8. The number of nitrogens with one attached hydrogen (secondary N) is 1. The molecule has 1 aromatic rings. The molecule has 0 radical (unpaired) electrons. The van der Waals surface area contributed by atoms with Crippen molar-refractivity contribution >= 4 is 12.0 Å². The summed E-state index contributed by atoms with van der Waals surface area (Å²) in [7, 11) is 1.59. The van der Waals surface area contributed by atoms with E-state index in [2.05, 4.69) is 11.9 Å². The average Bonchev–Trinajstić information content (AvgIpc) is 2.56. The molecule has 0 saturated heterocycles. The first-order chi connectivity index (χ1) is 10.7. The van der Waals surface area contributed by atoms with Crippen LogP contribution in [0.1, 0.15) is 5.56 Å². The monoisotopic (exact) mass is 296 g/mol. The Kier molecular flexibility index (Phi) is 4.99. The summed E-state index contributed by atoms with van der Waals surface area (Å²) in [5.74, 6) is 1.00. The van der Waals surface area contributed by atoms with Crippen LogP contribution in [-0.2, 0) is 4.79 Å². The Morgan fingerprint density at radius 1 is 1.59 bits per heavy atom. The second kappa shape index (κ2) is 7.14. The minimum atomic E-state index is -0.427. The van der Waals surface area contributed by atoms with Gasteiger partial charge >= 0.3 is 0 Å². The minimum absolute atomic E-state index is 0.0358. The number of methoxy groups -OCH3 is 1. The van der Waals surface area contributed by atoms with Crippen LogP contribution in [0.5, 0.6) is 11.5 Å². The number of hydrogen-bond acceptors (Lipinski definition) is 4. The SMILES string of the molecule is C=CCNC(=O)/C(C#N)=C/C1=Cc2ccc(OC)cc2OC1. The van der Waals surface area contributed by atoms with Crippen LogP contribution >= 0.6 is 0 Å². The van der Waals surface area contributed by atoms with Gasteiger partial charge in [0.15, 0.2) is 0 Å². The van der Waals surface area contributed by atoms with Crippen LogP contribution in [0.3, 0.4) is 0 Å². The number of benzene rings is 1. The highest BCUT2D eigenvalue weighted by Gasteiger charge is 2.14. The molecule has 112 valence electrons. The summed E-state index contributed by atoms with van der Waals surface area (Å²) in [6, 6.07) is 7.39. The van der Waals surface area contributed by atoms with Crippen molar-refractivity contribution in [2.45, 2.75) is 0 Å². The van der Waals surface area contributed by atoms with Gasteiger partial charge < -0.3 is 14.8 Å². The number of hydrogen-bond donors (Lipinski definition) is 1. The van der Waals surface area contributed by atoms with Gasteiger partial charge in [-0.25, -0.2) is 0 Å². The number of rotatable bonds is 5. The fourth-order valence-electron chi connectivity index (χ4n) is 1.97. The summed E-state index contributed by atoms with van der Waals surface area (Å²) >= 11 is 0. The summed E-state index contributed by atoms with van der Waals surface area (Å²) < 4.78 is 10.8. The van der Waals surface area contributed by atoms with E-state index in [9.17, 15) is 4.79 Å². The predicted octanol–water partition coefficient (Wildman–Crippen LogP) is 2.22. The summed E-state index contributed by atoms with van der Waals surface area (Å²) in [6.45, 7) is 4.12. The molecule has 5 heteroatoms. The van der Waals surface area contributed by atoms with Crippen molar-refractivity contribution in [2.75, 3.05) is 20.3 Å². The van der Waals surface area contributed by atoms with Crippen molar-refractivity contribution in [1.29, 1.82) is 5.26 Å². The molecule has 2 rings (SSSR count). The third-order valence-corrected chi connectivity index (χ3v) is 3.06. The van der Waals surface area contributed by atoms with Crippen molar-refractivity contribution in [1.82, 2.24) is 5.32 Å². The van der Waals surface area contributed by atoms with Crippen LogP contribution in [0.2, 0.25) is 0 Å². The lowest BCUT2D eigenvalue weighted by Gasteiger charge is -2.17. The first-order valence-electron chi connectivity index (χ1n) is 6.70. The Labute approximate surface area is 129 Å². The van der Waals surface area contributed by atoms with Gasteiger partial charge in [-0.2, -0.15) is 5.26 Å². The number of nitrogens with zero attached hydrogens (tertiary/aromatic N) is 1. The molecule has 0 aliphatic carbocycles. The zero-order valence-corrected chi connectivity index (χ0v) is 12.3. The maximum absolute atomic E-state index is 11.8. The first kappa shape index (κ1) is 15.4. The molecule has 0 bridgehead atoms. The number of amides is 1. The normalized spacial score (nSPS) is 13.1. The molecule has 1 N–H and O–H groups in total. The van der Waals surface area contributed by atoms with Crippen LogP contribution < -0.4 is 14.8 Å². The van der Waals surface area contributed by atoms with Crippen LogP contribution in [0.15, 0.2) is 48.1 Å². The molecule has 0 spiro atoms. The topological polar surface area (TPSA) is 71.4 Å². The van der Waals surface area contributed by atoms with Gasteiger partial charge in [0.25, 0.3) is 5.91 Å². The lowest BCUT2D eigenvalue weighted by atomic mass is 10.0. The fraction of sp³-hybridized carbons (Fsp3) is 0.176. The van der Waals surface area contributed by atoms with Gasteiger partial charge in [0.05, 0.1) is 7.11 Å². The zero-order valence-electron chi connectivity index (χ0n) is 12.3. The van der Waals surface area contributed by atoms with E-state index in [0.717, 1.165) is 11.1 Å². The van der Waals surface area contributed by atoms with E-state index in [4.69, 9.17) is 14.7 Å². The Morgan fingerprint density at radius 3 is 3.09 bits per heavy atom. The summed E-state index contributed by atoms with van der Waals surface area (Å²) in [5, 5.41) is 11.7. The van der Waals surface area contributed by atoms with E-state index >= 15 is 0 Å². The Balaban J connectivity index is 2.23. The smallest absolute Gasteiger partial charge is 0.262 e. The standard InChI is InChI=1S/C17H16N2O3/c1-3-6-19-17(20)14(10-18)8-12-7-13-4-5-15(21-2)9-16(13)22-11-12/h3-5,7-9H,1,6,11H2,2H3,(H,19,20)/b14-8+. The molecule has 1 aliphatic rings. The third kappa shape index (κ3) is 3.55. The predicted molar refractivity (Wildman–Crippen MR) is 83.4 cm³/mol. The maximum Gasteiger partial charge on any atom is 0.262 e. The second-order valence-corrected chi connectivity index (χ2v) is 4.58. The first-order valence-corrected chi connectivity index (χ1v) is 6.70. The Hall–Kier alpha value is -3.00. The van der Waals surface area contributed by atoms with Crippen LogP contribution in [-0.4, -0.2) is 26.2 Å². The minimum Gasteiger partial charge on any atom is -0.497 e. The molecule has 0 aromatic heterocycles. The van der Waals surface area contributed by atoms with Gasteiger partial charge in [-0.05, 0) is 29.9 Å². The third-order valence-electron chi connectivity index (χ3n) is 3.06. The molecule has 0 atom stereocenters. The van der Waals surface area contributed by atoms with Crippen LogP contribution in [0.25, 0.3) is 6.08 Å². The van der Waals surface area contributed by atoms with Crippen LogP contribution in [0, 0.1) is 11.3 Å². The van der Waals surface area contributed by atoms with E-state index < -0.39 is 5.91 Å². The molecule has 1 aliphatic heterocycles. The van der Waals surface area contributed by atoms with Gasteiger partial charge in [0.1, 0.15) is 29.7 Å². The molecule has 0 fully saturated rings. The van der Waals surface area contributed by atoms with Crippen molar-refractivity contribution in [3.63, 3.8) is 0 Å². The van der Waals surface area contributed by atoms with E-state index in [1.54, 1.807) is 19.3 Å². The highest BCUT2D eigenvalue weighted by Crippen LogP contribution is 2.30. The molecule has 5 nitrogen and oxygen atoms in total. The quantitative estimate of drug-likeness (QED) is 0.514. The van der Waals surface area contributed by atoms with Gasteiger partial charge in [-0.3, -0.25) is 4.79 Å². The largest absolute Gasteiger partial charge is 0.497 e. The molecule has 0 unspecified atom stereocenters. The van der Waals surface area contributed by atoms with Crippen molar-refractivity contribution in [3.8, 4) is 17.6 Å². The highest BCUT2D eigenvalue weighted by atomic mass is 16.5. The number of carbonyl (C=O) groups excluding carboxylic acids is 1. The Bertz CT molecular complexity index is 696. The molecule has 1 amide bonds. The fourth-order valence-corrected chi connectivity index (χ4v) is 1.97. The lowest BCUT2D eigenvalue weighted by molar-refractivity contribution is -0.116. The number of ether oxygens (including phenoxy) is 2. The lowest BCUT2D eigenvalue weighted by Crippen LogP contribution is -2.24. The van der Waals surface area contributed by atoms with Crippen molar-refractivity contribution in [2.24, 2.45) is 0 Å². The summed E-state index contributed by atoms with van der Waals surface area (Å²) in [5.41, 5.74) is 1.67. The van der Waals surface area contributed by atoms with Crippen molar-refractivity contribution in [3.05, 3.63) is 53.6 Å². The second-order valence-electron chi connectivity index (χ2n) is 4.58. The summed E-state index contributed by atoms with van der Waals surface area (Å²) in [6.07, 6.45) is 4.97. The molecule has 1 aromatic carbocycles.